The number of carbonyl (C=O) groups excluding carboxylic acids is 2. The van der Waals surface area contributed by atoms with E-state index in [0.717, 1.165) is 39.3 Å². The summed E-state index contributed by atoms with van der Waals surface area (Å²) in [5, 5.41) is 2.11. The molecule has 1 aromatic carbocycles. The van der Waals surface area contributed by atoms with E-state index >= 15 is 0 Å². The lowest BCUT2D eigenvalue weighted by Crippen LogP contribution is -2.26. The normalized spacial score (nSPS) is 14.7. The number of hydrogen-bond donors (Lipinski definition) is 0. The third-order valence-electron chi connectivity index (χ3n) is 6.19. The zero-order valence-electron chi connectivity index (χ0n) is 18.6. The van der Waals surface area contributed by atoms with Crippen LogP contribution in [0.5, 0.6) is 0 Å². The topological polar surface area (TPSA) is 64.4 Å². The number of hydrogen-bond acceptors (Lipinski definition) is 5. The van der Waals surface area contributed by atoms with Crippen LogP contribution in [0.15, 0.2) is 24.4 Å². The van der Waals surface area contributed by atoms with Crippen molar-refractivity contribution in [3.63, 3.8) is 0 Å². The van der Waals surface area contributed by atoms with Crippen molar-refractivity contribution in [1.82, 2.24) is 14.5 Å². The molecule has 6 nitrogen and oxygen atoms in total. The van der Waals surface area contributed by atoms with Gasteiger partial charge in [0.2, 0.25) is 5.91 Å². The van der Waals surface area contributed by atoms with Gasteiger partial charge in [0.05, 0.1) is 33.8 Å². The first-order valence-corrected chi connectivity index (χ1v) is 11.6. The van der Waals surface area contributed by atoms with Crippen molar-refractivity contribution < 1.29 is 14.3 Å². The summed E-state index contributed by atoms with van der Waals surface area (Å²) in [5.41, 5.74) is 3.76. The van der Waals surface area contributed by atoms with E-state index in [4.69, 9.17) is 4.74 Å². The van der Waals surface area contributed by atoms with Crippen molar-refractivity contribution in [2.45, 2.75) is 51.5 Å². The summed E-state index contributed by atoms with van der Waals surface area (Å²) in [6.07, 6.45) is 7.91. The minimum atomic E-state index is -0.372. The number of thiazole rings is 1. The molecule has 1 saturated carbocycles. The zero-order valence-corrected chi connectivity index (χ0v) is 19.4. The summed E-state index contributed by atoms with van der Waals surface area (Å²) in [6, 6.07) is 5.73. The molecule has 4 rings (SSSR count). The number of nitrogens with zero attached hydrogens (tertiary/aromatic N) is 3. The molecule has 1 amide bonds. The van der Waals surface area contributed by atoms with E-state index in [0.29, 0.717) is 11.5 Å². The van der Waals surface area contributed by atoms with Gasteiger partial charge in [-0.05, 0) is 43.4 Å². The van der Waals surface area contributed by atoms with E-state index in [1.165, 1.54) is 31.9 Å². The number of amides is 1. The fourth-order valence-corrected chi connectivity index (χ4v) is 5.45. The van der Waals surface area contributed by atoms with Crippen molar-refractivity contribution >= 4 is 34.1 Å². The number of carbonyl (C=O) groups is 2. The first-order chi connectivity index (χ1) is 14.9. The van der Waals surface area contributed by atoms with Crippen LogP contribution < -0.4 is 0 Å². The number of fused-ring (bicyclic) bond motifs is 1. The van der Waals surface area contributed by atoms with Crippen LogP contribution in [0.4, 0.5) is 0 Å². The van der Waals surface area contributed by atoms with Gasteiger partial charge in [0, 0.05) is 25.7 Å². The Morgan fingerprint density at radius 2 is 1.97 bits per heavy atom. The molecule has 1 aliphatic rings. The number of aryl methyl sites for hydroxylation is 1. The molecule has 0 aliphatic heterocycles. The standard InChI is InChI=1S/C24H29N3O3S/c1-15-25-13-20(31-15)23-22(16-8-6-5-7-9-16)18-11-10-17(24(29)30-4)12-19(18)27(23)14-21(28)26(2)3/h10-13,16H,5-9,14H2,1-4H3. The molecule has 0 N–H and O–H groups in total. The van der Waals surface area contributed by atoms with Crippen LogP contribution >= 0.6 is 11.3 Å². The summed E-state index contributed by atoms with van der Waals surface area (Å²) in [5.74, 6) is 0.0781. The SMILES string of the molecule is COC(=O)c1ccc2c(C3CCCCC3)c(-c3cnc(C)s3)n(CC(=O)N(C)C)c2c1. The molecule has 0 radical (unpaired) electrons. The van der Waals surface area contributed by atoms with Crippen molar-refractivity contribution in [3.8, 4) is 10.6 Å². The second-order valence-corrected chi connectivity index (χ2v) is 9.67. The highest BCUT2D eigenvalue weighted by atomic mass is 32.1. The third-order valence-corrected chi connectivity index (χ3v) is 7.10. The number of esters is 1. The monoisotopic (exact) mass is 439 g/mol. The van der Waals surface area contributed by atoms with E-state index in [9.17, 15) is 9.59 Å². The highest BCUT2D eigenvalue weighted by molar-refractivity contribution is 7.15. The molecular formula is C24H29N3O3S. The number of ether oxygens (including phenoxy) is 1. The summed E-state index contributed by atoms with van der Waals surface area (Å²) < 4.78 is 7.04. The molecule has 0 atom stereocenters. The third kappa shape index (κ3) is 4.11. The van der Waals surface area contributed by atoms with Crippen LogP contribution in [0.3, 0.4) is 0 Å². The fourth-order valence-electron chi connectivity index (χ4n) is 4.60. The van der Waals surface area contributed by atoms with Crippen LogP contribution in [-0.2, 0) is 16.1 Å². The average molecular weight is 440 g/mol. The van der Waals surface area contributed by atoms with Gasteiger partial charge in [0.1, 0.15) is 6.54 Å². The summed E-state index contributed by atoms with van der Waals surface area (Å²) >= 11 is 1.65. The molecule has 2 heterocycles. The fraction of sp³-hybridized carbons (Fsp3) is 0.458. The van der Waals surface area contributed by atoms with Crippen LogP contribution in [0.25, 0.3) is 21.5 Å². The molecule has 3 aromatic rings. The molecule has 0 spiro atoms. The van der Waals surface area contributed by atoms with Crippen LogP contribution in [0.1, 0.15) is 59.0 Å². The van der Waals surface area contributed by atoms with Crippen molar-refractivity contribution in [3.05, 3.63) is 40.5 Å². The van der Waals surface area contributed by atoms with Gasteiger partial charge < -0.3 is 14.2 Å². The highest BCUT2D eigenvalue weighted by Gasteiger charge is 2.28. The summed E-state index contributed by atoms with van der Waals surface area (Å²) in [6.45, 7) is 2.22. The van der Waals surface area contributed by atoms with Gasteiger partial charge in [-0.15, -0.1) is 11.3 Å². The Hall–Kier alpha value is -2.67. The molecule has 1 aliphatic carbocycles. The first-order valence-electron chi connectivity index (χ1n) is 10.8. The lowest BCUT2D eigenvalue weighted by molar-refractivity contribution is -0.129. The second kappa shape index (κ2) is 8.83. The molecule has 7 heteroatoms. The van der Waals surface area contributed by atoms with Gasteiger partial charge in [-0.3, -0.25) is 4.79 Å². The molecular weight excluding hydrogens is 410 g/mol. The van der Waals surface area contributed by atoms with Gasteiger partial charge in [-0.25, -0.2) is 9.78 Å². The maximum absolute atomic E-state index is 12.8. The summed E-state index contributed by atoms with van der Waals surface area (Å²) in [7, 11) is 4.93. The molecule has 0 saturated heterocycles. The minimum Gasteiger partial charge on any atom is -0.465 e. The quantitative estimate of drug-likeness (QED) is 0.525. The van der Waals surface area contributed by atoms with Gasteiger partial charge in [-0.2, -0.15) is 0 Å². The minimum absolute atomic E-state index is 0.0121. The number of likely N-dealkylation sites (N-methyl/N-ethyl adjacent to an activating group) is 1. The van der Waals surface area contributed by atoms with E-state index in [2.05, 4.69) is 9.55 Å². The Balaban J connectivity index is 2.02. The Morgan fingerprint density at radius 3 is 2.58 bits per heavy atom. The maximum Gasteiger partial charge on any atom is 0.337 e. The molecule has 0 unspecified atom stereocenters. The summed E-state index contributed by atoms with van der Waals surface area (Å²) in [4.78, 5) is 32.2. The van der Waals surface area contributed by atoms with E-state index in [-0.39, 0.29) is 18.4 Å². The maximum atomic E-state index is 12.8. The predicted molar refractivity (Wildman–Crippen MR) is 124 cm³/mol. The van der Waals surface area contributed by atoms with Gasteiger partial charge in [0.15, 0.2) is 0 Å². The van der Waals surface area contributed by atoms with Crippen LogP contribution in [-0.4, -0.2) is 47.5 Å². The smallest absolute Gasteiger partial charge is 0.337 e. The van der Waals surface area contributed by atoms with E-state index in [1.54, 1.807) is 30.3 Å². The van der Waals surface area contributed by atoms with E-state index in [1.807, 2.05) is 31.3 Å². The largest absolute Gasteiger partial charge is 0.465 e. The molecule has 0 bridgehead atoms. The van der Waals surface area contributed by atoms with Crippen molar-refractivity contribution in [1.29, 1.82) is 0 Å². The Kier molecular flexibility index (Phi) is 6.14. The van der Waals surface area contributed by atoms with Gasteiger partial charge in [0.25, 0.3) is 0 Å². The Labute approximate surface area is 186 Å². The molecule has 164 valence electrons. The lowest BCUT2D eigenvalue weighted by atomic mass is 9.82. The van der Waals surface area contributed by atoms with E-state index < -0.39 is 0 Å². The number of benzene rings is 1. The van der Waals surface area contributed by atoms with Crippen molar-refractivity contribution in [2.24, 2.45) is 0 Å². The molecule has 31 heavy (non-hydrogen) atoms. The lowest BCUT2D eigenvalue weighted by Gasteiger charge is -2.23. The number of methoxy groups -OCH3 is 1. The highest BCUT2D eigenvalue weighted by Crippen LogP contribution is 2.45. The van der Waals surface area contributed by atoms with Crippen LogP contribution in [0.2, 0.25) is 0 Å². The second-order valence-electron chi connectivity index (χ2n) is 8.44. The van der Waals surface area contributed by atoms with Crippen LogP contribution in [0, 0.1) is 6.92 Å². The molecule has 1 fully saturated rings. The first kappa shape index (κ1) is 21.6. The molecule has 2 aromatic heterocycles. The van der Waals surface area contributed by atoms with Crippen molar-refractivity contribution in [2.75, 3.05) is 21.2 Å². The zero-order chi connectivity index (χ0) is 22.1. The predicted octanol–water partition coefficient (Wildman–Crippen LogP) is 5.00. The Morgan fingerprint density at radius 1 is 1.23 bits per heavy atom. The Bertz CT molecular complexity index is 1120. The number of aromatic nitrogens is 2. The number of rotatable bonds is 5. The average Bonchev–Trinajstić information content (AvgIpc) is 3.34. The van der Waals surface area contributed by atoms with Gasteiger partial charge in [-0.1, -0.05) is 25.3 Å². The van der Waals surface area contributed by atoms with Gasteiger partial charge >= 0.3 is 5.97 Å².